The number of para-hydroxylation sites is 2. The highest BCUT2D eigenvalue weighted by Gasteiger charge is 2.44. The van der Waals surface area contributed by atoms with Crippen molar-refractivity contribution in [1.29, 1.82) is 0 Å². The quantitative estimate of drug-likeness (QED) is 0.0846. The molecule has 3 heterocycles. The molecule has 0 saturated carbocycles. The maximum absolute atomic E-state index is 12.8. The van der Waals surface area contributed by atoms with Gasteiger partial charge in [-0.05, 0) is 84.1 Å². The van der Waals surface area contributed by atoms with Crippen molar-refractivity contribution in [3.05, 3.63) is 196 Å². The predicted octanol–water partition coefficient (Wildman–Crippen LogP) is 10.9. The molecule has 0 fully saturated rings. The summed E-state index contributed by atoms with van der Waals surface area (Å²) in [7, 11) is 4.87. The fourth-order valence-corrected chi connectivity index (χ4v) is 8.91. The summed E-state index contributed by atoms with van der Waals surface area (Å²) in [6.45, 7) is 12.9. The van der Waals surface area contributed by atoms with Crippen LogP contribution in [0.3, 0.4) is 0 Å². The molecular formula is C59H61N3O11. The highest BCUT2D eigenvalue weighted by atomic mass is 16.6. The van der Waals surface area contributed by atoms with E-state index in [0.29, 0.717) is 39.1 Å². The summed E-state index contributed by atoms with van der Waals surface area (Å²) in [5.74, 6) is 0.0566. The molecule has 6 amide bonds. The predicted molar refractivity (Wildman–Crippen MR) is 275 cm³/mol. The number of fused-ring (bicyclic) bond motifs is 3. The van der Waals surface area contributed by atoms with Crippen molar-refractivity contribution in [2.75, 3.05) is 21.3 Å². The summed E-state index contributed by atoms with van der Waals surface area (Å²) in [5, 5.41) is 0. The topological polar surface area (TPSA) is 166 Å². The Hall–Kier alpha value is -8.39. The van der Waals surface area contributed by atoms with Gasteiger partial charge in [0.05, 0.1) is 66.8 Å². The molecule has 378 valence electrons. The van der Waals surface area contributed by atoms with Crippen LogP contribution in [-0.2, 0) is 9.53 Å². The van der Waals surface area contributed by atoms with Crippen molar-refractivity contribution in [1.82, 2.24) is 14.7 Å². The SMILES string of the molecule is CC(=O)OC(C(C)C)N1C(=O)c2ccccc2C1=O.COc1ccc(C(C(C)C)N2C(=O)c3ccccc3C2=O)cc1.COc1ccccc1.COc1ccccc1C(C(C)C)N1C(=O)c2ccccc2C1=O. The van der Waals surface area contributed by atoms with Gasteiger partial charge in [-0.3, -0.25) is 43.4 Å². The molecule has 3 aliphatic heterocycles. The second-order valence-electron chi connectivity index (χ2n) is 18.2. The smallest absolute Gasteiger partial charge is 0.304 e. The number of imide groups is 3. The van der Waals surface area contributed by atoms with Gasteiger partial charge in [0.15, 0.2) is 6.23 Å². The van der Waals surface area contributed by atoms with E-state index in [2.05, 4.69) is 0 Å². The summed E-state index contributed by atoms with van der Waals surface area (Å²) in [6.07, 6.45) is -0.870. The van der Waals surface area contributed by atoms with Gasteiger partial charge in [0, 0.05) is 18.4 Å². The number of rotatable bonds is 12. The molecule has 9 rings (SSSR count). The molecule has 3 atom stereocenters. The Balaban J connectivity index is 0.000000166. The van der Waals surface area contributed by atoms with E-state index >= 15 is 0 Å². The van der Waals surface area contributed by atoms with Crippen LogP contribution in [0.2, 0.25) is 0 Å². The summed E-state index contributed by atoms with van der Waals surface area (Å²) in [5.41, 5.74) is 4.38. The fraction of sp³-hybridized carbons (Fsp3) is 0.271. The van der Waals surface area contributed by atoms with E-state index in [1.807, 2.05) is 107 Å². The number of esters is 1. The third-order valence-corrected chi connectivity index (χ3v) is 12.3. The van der Waals surface area contributed by atoms with Crippen molar-refractivity contribution in [3.8, 4) is 17.2 Å². The van der Waals surface area contributed by atoms with Crippen molar-refractivity contribution < 1.29 is 52.5 Å². The van der Waals surface area contributed by atoms with Gasteiger partial charge in [-0.25, -0.2) is 4.90 Å². The minimum atomic E-state index is -0.870. The first kappa shape index (κ1) is 54.0. The van der Waals surface area contributed by atoms with Crippen molar-refractivity contribution in [2.45, 2.75) is 66.8 Å². The van der Waals surface area contributed by atoms with E-state index in [0.717, 1.165) is 27.5 Å². The fourth-order valence-electron chi connectivity index (χ4n) is 8.91. The van der Waals surface area contributed by atoms with Crippen LogP contribution in [0.5, 0.6) is 17.2 Å². The Morgan fingerprint density at radius 1 is 0.384 bits per heavy atom. The highest BCUT2D eigenvalue weighted by molar-refractivity contribution is 6.23. The van der Waals surface area contributed by atoms with E-state index in [4.69, 9.17) is 18.9 Å². The molecule has 14 heteroatoms. The van der Waals surface area contributed by atoms with E-state index in [9.17, 15) is 33.6 Å². The molecule has 0 aliphatic carbocycles. The number of carbonyl (C=O) groups is 7. The Morgan fingerprint density at radius 2 is 0.726 bits per heavy atom. The average molecular weight is 988 g/mol. The van der Waals surface area contributed by atoms with Gasteiger partial charge in [0.1, 0.15) is 17.2 Å². The van der Waals surface area contributed by atoms with Gasteiger partial charge in [-0.1, -0.05) is 126 Å². The maximum atomic E-state index is 12.8. The molecule has 73 heavy (non-hydrogen) atoms. The second kappa shape index (κ2) is 24.2. The third-order valence-electron chi connectivity index (χ3n) is 12.3. The number of carbonyl (C=O) groups excluding carboxylic acids is 7. The number of hydrogen-bond donors (Lipinski definition) is 0. The minimum absolute atomic E-state index is 0.0634. The highest BCUT2D eigenvalue weighted by Crippen LogP contribution is 2.40. The van der Waals surface area contributed by atoms with Crippen LogP contribution in [0, 0.1) is 17.8 Å². The zero-order valence-corrected chi connectivity index (χ0v) is 42.7. The van der Waals surface area contributed by atoms with Crippen molar-refractivity contribution in [3.63, 3.8) is 0 Å². The largest absolute Gasteiger partial charge is 0.497 e. The molecule has 3 aliphatic rings. The number of nitrogens with zero attached hydrogens (tertiary/aromatic N) is 3. The third kappa shape index (κ3) is 11.7. The zero-order chi connectivity index (χ0) is 53.1. The summed E-state index contributed by atoms with van der Waals surface area (Å²) in [6, 6.07) is 44.6. The Bertz CT molecular complexity index is 2860. The Kier molecular flexibility index (Phi) is 17.8. The van der Waals surface area contributed by atoms with Crippen molar-refractivity contribution in [2.24, 2.45) is 17.8 Å². The lowest BCUT2D eigenvalue weighted by Gasteiger charge is -2.31. The first-order valence-corrected chi connectivity index (χ1v) is 23.9. The molecule has 3 unspecified atom stereocenters. The first-order chi connectivity index (χ1) is 35.0. The van der Waals surface area contributed by atoms with Crippen LogP contribution >= 0.6 is 0 Å². The van der Waals surface area contributed by atoms with Gasteiger partial charge in [0.25, 0.3) is 35.4 Å². The van der Waals surface area contributed by atoms with Gasteiger partial charge in [-0.2, -0.15) is 0 Å². The molecular weight excluding hydrogens is 927 g/mol. The normalized spacial score (nSPS) is 14.5. The Labute approximate surface area is 426 Å². The van der Waals surface area contributed by atoms with Crippen LogP contribution < -0.4 is 14.2 Å². The van der Waals surface area contributed by atoms with Gasteiger partial charge >= 0.3 is 5.97 Å². The molecule has 0 aromatic heterocycles. The molecule has 0 bridgehead atoms. The summed E-state index contributed by atoms with van der Waals surface area (Å²) < 4.78 is 20.6. The molecule has 0 radical (unpaired) electrons. The van der Waals surface area contributed by atoms with E-state index in [1.165, 1.54) is 16.7 Å². The van der Waals surface area contributed by atoms with E-state index in [1.54, 1.807) is 108 Å². The maximum Gasteiger partial charge on any atom is 0.304 e. The zero-order valence-electron chi connectivity index (χ0n) is 42.7. The van der Waals surface area contributed by atoms with Gasteiger partial charge in [0.2, 0.25) is 0 Å². The first-order valence-electron chi connectivity index (χ1n) is 23.9. The number of benzene rings is 6. The van der Waals surface area contributed by atoms with Crippen LogP contribution in [0.1, 0.15) is 134 Å². The molecule has 0 spiro atoms. The number of hydrogen-bond acceptors (Lipinski definition) is 11. The Morgan fingerprint density at radius 3 is 1.07 bits per heavy atom. The molecule has 6 aromatic carbocycles. The lowest BCUT2D eigenvalue weighted by atomic mass is 9.93. The lowest BCUT2D eigenvalue weighted by molar-refractivity contribution is -0.155. The van der Waals surface area contributed by atoms with Crippen molar-refractivity contribution >= 4 is 41.4 Å². The standard InChI is InChI=1S/2C19H19NO3.C14H15NO4.C7H8O/c1-12(2)17(15-10-6-7-11-16(15)23-3)20-18(21)13-8-4-5-9-14(13)19(20)22;1-12(2)17(13-8-10-14(23-3)11-9-13)20-18(21)15-6-4-5-7-16(15)19(20)22;1-8(2)14(19-9(3)16)15-12(17)10-6-4-5-7-11(10)13(15)18;1-8-7-5-3-2-4-6-7/h2*4-12,17H,1-3H3;4-8,14H,1-3H3;2-6H,1H3. The van der Waals surface area contributed by atoms with Gasteiger partial charge < -0.3 is 18.9 Å². The number of methoxy groups -OCH3 is 3. The van der Waals surface area contributed by atoms with Gasteiger partial charge in [-0.15, -0.1) is 0 Å². The summed E-state index contributed by atoms with van der Waals surface area (Å²) >= 11 is 0. The van der Waals surface area contributed by atoms with Crippen LogP contribution in [-0.4, -0.2) is 83.7 Å². The minimum Gasteiger partial charge on any atom is -0.497 e. The molecule has 0 saturated heterocycles. The monoisotopic (exact) mass is 987 g/mol. The molecule has 0 N–H and O–H groups in total. The van der Waals surface area contributed by atoms with Crippen LogP contribution in [0.25, 0.3) is 0 Å². The van der Waals surface area contributed by atoms with E-state index < -0.39 is 24.0 Å². The number of amides is 6. The molecule has 6 aromatic rings. The second-order valence-corrected chi connectivity index (χ2v) is 18.2. The molecule has 14 nitrogen and oxygen atoms in total. The number of ether oxygens (including phenoxy) is 4. The van der Waals surface area contributed by atoms with Crippen LogP contribution in [0.4, 0.5) is 0 Å². The summed E-state index contributed by atoms with van der Waals surface area (Å²) in [4.78, 5) is 90.4. The lowest BCUT2D eigenvalue weighted by Crippen LogP contribution is -2.45. The average Bonchev–Trinajstić information content (AvgIpc) is 3.91. The van der Waals surface area contributed by atoms with Crippen LogP contribution in [0.15, 0.2) is 152 Å². The van der Waals surface area contributed by atoms with E-state index in [-0.39, 0.29) is 53.5 Å².